The standard InChI is InChI=1S/C22H23ClN4O3/c1-27-18-9-8-15(25-21(28)13-30-19-5-3-2-4-16(19)23)12-17(18)26-20(27)10-11-24-22(29)14-6-7-14/h2-5,8-9,12,14H,6-7,10-11,13H2,1H3,(H,24,29)(H,25,28). The first kappa shape index (κ1) is 20.2. The number of ether oxygens (including phenoxy) is 1. The third-order valence-corrected chi connectivity index (χ3v) is 5.36. The molecule has 0 radical (unpaired) electrons. The third kappa shape index (κ3) is 4.74. The number of carbonyl (C=O) groups excluding carboxylic acids is 2. The zero-order chi connectivity index (χ0) is 21.1. The third-order valence-electron chi connectivity index (χ3n) is 5.05. The maximum absolute atomic E-state index is 12.2. The van der Waals surface area contributed by atoms with Gasteiger partial charge in [-0.25, -0.2) is 4.98 Å². The number of hydrogen-bond acceptors (Lipinski definition) is 4. The minimum absolute atomic E-state index is 0.137. The number of imidazole rings is 1. The molecular weight excluding hydrogens is 404 g/mol. The summed E-state index contributed by atoms with van der Waals surface area (Å²) in [5, 5.41) is 6.24. The fourth-order valence-corrected chi connectivity index (χ4v) is 3.43. The molecule has 1 aliphatic carbocycles. The van der Waals surface area contributed by atoms with Crippen molar-refractivity contribution in [1.29, 1.82) is 0 Å². The number of hydrogen-bond donors (Lipinski definition) is 2. The molecule has 2 amide bonds. The van der Waals surface area contributed by atoms with Crippen LogP contribution in [0.1, 0.15) is 18.7 Å². The second-order valence-corrected chi connectivity index (χ2v) is 7.78. The summed E-state index contributed by atoms with van der Waals surface area (Å²) in [4.78, 5) is 28.6. The highest BCUT2D eigenvalue weighted by molar-refractivity contribution is 6.32. The Balaban J connectivity index is 1.36. The predicted octanol–water partition coefficient (Wildman–Crippen LogP) is 3.31. The summed E-state index contributed by atoms with van der Waals surface area (Å²) in [6, 6.07) is 12.6. The van der Waals surface area contributed by atoms with Gasteiger partial charge in [0.25, 0.3) is 5.91 Å². The van der Waals surface area contributed by atoms with E-state index in [1.807, 2.05) is 29.8 Å². The van der Waals surface area contributed by atoms with Crippen molar-refractivity contribution in [3.8, 4) is 5.75 Å². The molecule has 0 unspecified atom stereocenters. The zero-order valence-corrected chi connectivity index (χ0v) is 17.4. The quantitative estimate of drug-likeness (QED) is 0.578. The van der Waals surface area contributed by atoms with Crippen LogP contribution in [0.25, 0.3) is 11.0 Å². The lowest BCUT2D eigenvalue weighted by Gasteiger charge is -2.08. The van der Waals surface area contributed by atoms with Crippen molar-refractivity contribution >= 4 is 40.1 Å². The number of carbonyl (C=O) groups is 2. The normalized spacial score (nSPS) is 13.3. The van der Waals surface area contributed by atoms with Gasteiger partial charge in [-0.2, -0.15) is 0 Å². The van der Waals surface area contributed by atoms with E-state index < -0.39 is 0 Å². The Hall–Kier alpha value is -3.06. The average Bonchev–Trinajstić information content (AvgIpc) is 3.53. The van der Waals surface area contributed by atoms with Gasteiger partial charge in [0, 0.05) is 31.6 Å². The first-order chi connectivity index (χ1) is 14.5. The van der Waals surface area contributed by atoms with Crippen molar-refractivity contribution in [2.24, 2.45) is 13.0 Å². The van der Waals surface area contributed by atoms with Crippen molar-refractivity contribution in [2.45, 2.75) is 19.3 Å². The van der Waals surface area contributed by atoms with Crippen LogP contribution in [-0.4, -0.2) is 34.5 Å². The number of nitrogens with zero attached hydrogens (tertiary/aromatic N) is 2. The molecule has 30 heavy (non-hydrogen) atoms. The fraction of sp³-hybridized carbons (Fsp3) is 0.318. The van der Waals surface area contributed by atoms with Gasteiger partial charge in [-0.05, 0) is 43.2 Å². The van der Waals surface area contributed by atoms with Crippen LogP contribution in [0.2, 0.25) is 5.02 Å². The topological polar surface area (TPSA) is 85.3 Å². The molecule has 1 fully saturated rings. The Kier molecular flexibility index (Phi) is 5.90. The van der Waals surface area contributed by atoms with Crippen LogP contribution in [0.3, 0.4) is 0 Å². The van der Waals surface area contributed by atoms with Crippen molar-refractivity contribution in [1.82, 2.24) is 14.9 Å². The van der Waals surface area contributed by atoms with Gasteiger partial charge in [0.2, 0.25) is 5.91 Å². The second kappa shape index (κ2) is 8.75. The Morgan fingerprint density at radius 2 is 2.03 bits per heavy atom. The Labute approximate surface area is 179 Å². The molecule has 4 rings (SSSR count). The summed E-state index contributed by atoms with van der Waals surface area (Å²) in [5.74, 6) is 1.41. The van der Waals surface area contributed by atoms with Crippen LogP contribution in [0.15, 0.2) is 42.5 Å². The minimum atomic E-state index is -0.284. The van der Waals surface area contributed by atoms with Gasteiger partial charge in [-0.1, -0.05) is 23.7 Å². The lowest BCUT2D eigenvalue weighted by Crippen LogP contribution is -2.27. The molecule has 156 valence electrons. The van der Waals surface area contributed by atoms with E-state index in [0.717, 1.165) is 29.7 Å². The van der Waals surface area contributed by atoms with E-state index >= 15 is 0 Å². The molecule has 3 aromatic rings. The molecule has 8 heteroatoms. The summed E-state index contributed by atoms with van der Waals surface area (Å²) in [5.41, 5.74) is 2.39. The van der Waals surface area contributed by atoms with Crippen LogP contribution in [0, 0.1) is 5.92 Å². The molecule has 1 aliphatic rings. The zero-order valence-electron chi connectivity index (χ0n) is 16.7. The number of anilines is 1. The molecule has 0 bridgehead atoms. The van der Waals surface area contributed by atoms with Crippen molar-refractivity contribution in [2.75, 3.05) is 18.5 Å². The van der Waals surface area contributed by atoms with Gasteiger partial charge >= 0.3 is 0 Å². The fourth-order valence-electron chi connectivity index (χ4n) is 3.24. The average molecular weight is 427 g/mol. The Morgan fingerprint density at radius 1 is 1.23 bits per heavy atom. The van der Waals surface area contributed by atoms with Crippen LogP contribution >= 0.6 is 11.6 Å². The molecule has 7 nitrogen and oxygen atoms in total. The van der Waals surface area contributed by atoms with Gasteiger partial charge in [-0.3, -0.25) is 9.59 Å². The van der Waals surface area contributed by atoms with E-state index in [-0.39, 0.29) is 24.3 Å². The van der Waals surface area contributed by atoms with E-state index in [1.54, 1.807) is 24.3 Å². The number of para-hydroxylation sites is 1. The number of nitrogens with one attached hydrogen (secondary N) is 2. The number of fused-ring (bicyclic) bond motifs is 1. The van der Waals surface area contributed by atoms with Gasteiger partial charge in [0.15, 0.2) is 6.61 Å². The van der Waals surface area contributed by atoms with Gasteiger partial charge in [-0.15, -0.1) is 0 Å². The van der Waals surface area contributed by atoms with E-state index in [1.165, 1.54) is 0 Å². The molecule has 0 spiro atoms. The number of benzene rings is 2. The smallest absolute Gasteiger partial charge is 0.262 e. The monoisotopic (exact) mass is 426 g/mol. The summed E-state index contributed by atoms with van der Waals surface area (Å²) in [6.45, 7) is 0.422. The highest BCUT2D eigenvalue weighted by Gasteiger charge is 2.29. The lowest BCUT2D eigenvalue weighted by molar-refractivity contribution is -0.122. The van der Waals surface area contributed by atoms with Crippen LogP contribution in [-0.2, 0) is 23.1 Å². The van der Waals surface area contributed by atoms with Crippen molar-refractivity contribution < 1.29 is 14.3 Å². The van der Waals surface area contributed by atoms with E-state index in [2.05, 4.69) is 15.6 Å². The molecule has 1 saturated carbocycles. The number of aryl methyl sites for hydroxylation is 1. The molecule has 2 N–H and O–H groups in total. The molecule has 0 saturated heterocycles. The Bertz CT molecular complexity index is 1090. The molecular formula is C22H23ClN4O3. The van der Waals surface area contributed by atoms with Crippen molar-refractivity contribution in [3.05, 3.63) is 53.3 Å². The van der Waals surface area contributed by atoms with Gasteiger partial charge in [0.1, 0.15) is 11.6 Å². The van der Waals surface area contributed by atoms with Crippen molar-refractivity contribution in [3.63, 3.8) is 0 Å². The number of halogens is 1. The van der Waals surface area contributed by atoms with Crippen LogP contribution in [0.5, 0.6) is 5.75 Å². The Morgan fingerprint density at radius 3 is 2.80 bits per heavy atom. The van der Waals surface area contributed by atoms with E-state index in [4.69, 9.17) is 16.3 Å². The maximum Gasteiger partial charge on any atom is 0.262 e. The minimum Gasteiger partial charge on any atom is -0.482 e. The molecule has 0 aliphatic heterocycles. The number of rotatable bonds is 8. The van der Waals surface area contributed by atoms with E-state index in [0.29, 0.717) is 29.4 Å². The van der Waals surface area contributed by atoms with Crippen LogP contribution < -0.4 is 15.4 Å². The summed E-state index contributed by atoms with van der Waals surface area (Å²) in [6.07, 6.45) is 2.64. The summed E-state index contributed by atoms with van der Waals surface area (Å²) in [7, 11) is 1.95. The van der Waals surface area contributed by atoms with E-state index in [9.17, 15) is 9.59 Å². The number of aromatic nitrogens is 2. The highest BCUT2D eigenvalue weighted by atomic mass is 35.5. The predicted molar refractivity (Wildman–Crippen MR) is 116 cm³/mol. The van der Waals surface area contributed by atoms with Crippen LogP contribution in [0.4, 0.5) is 5.69 Å². The largest absolute Gasteiger partial charge is 0.482 e. The van der Waals surface area contributed by atoms with Gasteiger partial charge in [0.05, 0.1) is 16.1 Å². The summed E-state index contributed by atoms with van der Waals surface area (Å²) >= 11 is 6.03. The second-order valence-electron chi connectivity index (χ2n) is 7.37. The molecule has 1 aromatic heterocycles. The lowest BCUT2D eigenvalue weighted by atomic mass is 10.2. The molecule has 1 heterocycles. The maximum atomic E-state index is 12.2. The summed E-state index contributed by atoms with van der Waals surface area (Å²) < 4.78 is 7.47. The number of amides is 2. The highest BCUT2D eigenvalue weighted by Crippen LogP contribution is 2.28. The first-order valence-electron chi connectivity index (χ1n) is 9.91. The van der Waals surface area contributed by atoms with Gasteiger partial charge < -0.3 is 19.9 Å². The molecule has 2 aromatic carbocycles. The molecule has 0 atom stereocenters. The first-order valence-corrected chi connectivity index (χ1v) is 10.3. The SMILES string of the molecule is Cn1c(CCNC(=O)C2CC2)nc2cc(NC(=O)COc3ccccc3Cl)ccc21.